The number of carbonyl (C=O) groups excluding carboxylic acids is 1. The first-order valence-corrected chi connectivity index (χ1v) is 13.0. The van der Waals surface area contributed by atoms with Crippen LogP contribution in [0, 0.1) is 18.6 Å². The highest BCUT2D eigenvalue weighted by Gasteiger charge is 2.30. The third-order valence-electron chi connectivity index (χ3n) is 7.27. The Morgan fingerprint density at radius 3 is 2.54 bits per heavy atom. The second-order valence-corrected chi connectivity index (χ2v) is 10.0. The molecular formula is C28H29F2N7O2. The van der Waals surface area contributed by atoms with E-state index in [1.165, 1.54) is 18.5 Å². The maximum Gasteiger partial charge on any atom is 0.263 e. The average Bonchev–Trinajstić information content (AvgIpc) is 3.27. The van der Waals surface area contributed by atoms with Crippen molar-refractivity contribution in [3.63, 3.8) is 0 Å². The number of ether oxygens (including phenoxy) is 1. The van der Waals surface area contributed by atoms with Crippen LogP contribution in [0.25, 0.3) is 10.9 Å². The van der Waals surface area contributed by atoms with E-state index >= 15 is 8.78 Å². The van der Waals surface area contributed by atoms with Crippen molar-refractivity contribution in [2.24, 2.45) is 0 Å². The van der Waals surface area contributed by atoms with Gasteiger partial charge >= 0.3 is 0 Å². The van der Waals surface area contributed by atoms with Crippen LogP contribution >= 0.6 is 0 Å². The van der Waals surface area contributed by atoms with E-state index in [0.29, 0.717) is 35.4 Å². The van der Waals surface area contributed by atoms with Crippen LogP contribution < -0.4 is 15.0 Å². The number of hydrogen-bond donors (Lipinski definition) is 2. The smallest absolute Gasteiger partial charge is 0.263 e. The lowest BCUT2D eigenvalue weighted by Gasteiger charge is -2.34. The molecule has 2 aromatic carbocycles. The number of aryl methyl sites for hydroxylation is 1. The fraction of sp³-hybridized carbons (Fsp3) is 0.321. The molecule has 11 heteroatoms. The zero-order chi connectivity index (χ0) is 27.1. The number of carbonyl (C=O) groups is 1. The van der Waals surface area contributed by atoms with Gasteiger partial charge in [-0.2, -0.15) is 0 Å². The summed E-state index contributed by atoms with van der Waals surface area (Å²) in [5, 5.41) is 3.44. The predicted octanol–water partition coefficient (Wildman–Crippen LogP) is 4.68. The predicted molar refractivity (Wildman–Crippen MR) is 145 cm³/mol. The van der Waals surface area contributed by atoms with Crippen molar-refractivity contribution in [2.75, 3.05) is 56.5 Å². The van der Waals surface area contributed by atoms with Gasteiger partial charge in [0, 0.05) is 61.6 Å². The summed E-state index contributed by atoms with van der Waals surface area (Å²) in [6, 6.07) is 9.75. The lowest BCUT2D eigenvalue weighted by atomic mass is 10.1. The summed E-state index contributed by atoms with van der Waals surface area (Å²) in [4.78, 5) is 30.9. The molecule has 0 aliphatic carbocycles. The molecule has 2 N–H and O–H groups in total. The van der Waals surface area contributed by atoms with Crippen molar-refractivity contribution >= 4 is 34.0 Å². The number of likely N-dealkylation sites (N-methyl/N-ethyl adjacent to an activating group) is 1. The Balaban J connectivity index is 1.32. The largest absolute Gasteiger partial charge is 0.435 e. The van der Waals surface area contributed by atoms with Crippen molar-refractivity contribution in [1.29, 1.82) is 0 Å². The number of anilines is 3. The van der Waals surface area contributed by atoms with E-state index in [2.05, 4.69) is 25.2 Å². The van der Waals surface area contributed by atoms with Crippen LogP contribution in [-0.4, -0.2) is 77.0 Å². The Bertz CT molecular complexity index is 1540. The Morgan fingerprint density at radius 2 is 1.82 bits per heavy atom. The van der Waals surface area contributed by atoms with Crippen LogP contribution in [-0.2, 0) is 0 Å². The van der Waals surface area contributed by atoms with Gasteiger partial charge in [0.05, 0.1) is 5.69 Å². The van der Waals surface area contributed by atoms with Crippen LogP contribution in [0.5, 0.6) is 11.6 Å². The fourth-order valence-electron chi connectivity index (χ4n) is 4.91. The van der Waals surface area contributed by atoms with E-state index in [1.807, 2.05) is 18.9 Å². The minimum absolute atomic E-state index is 0.0606. The molecule has 2 aromatic heterocycles. The Kier molecular flexibility index (Phi) is 6.51. The van der Waals surface area contributed by atoms with Gasteiger partial charge in [-0.15, -0.1) is 0 Å². The van der Waals surface area contributed by atoms with Crippen molar-refractivity contribution in [3.8, 4) is 11.6 Å². The number of rotatable bonds is 6. The van der Waals surface area contributed by atoms with Gasteiger partial charge in [0.2, 0.25) is 5.88 Å². The molecule has 2 fully saturated rings. The molecule has 1 amide bonds. The average molecular weight is 534 g/mol. The summed E-state index contributed by atoms with van der Waals surface area (Å²) < 4.78 is 36.3. The SMILES string of the molecule is Cc1cc2c(F)c(Oc3ncnc(Nc4ccc(N5CCN(C)CC5)c(F)c4)c3C(=O)N3CCC3)ccc2[nH]1. The molecule has 0 bridgehead atoms. The fourth-order valence-corrected chi connectivity index (χ4v) is 4.91. The second-order valence-electron chi connectivity index (χ2n) is 10.0. The number of nitrogens with zero attached hydrogens (tertiary/aromatic N) is 5. The molecule has 2 aliphatic heterocycles. The van der Waals surface area contributed by atoms with E-state index in [1.54, 1.807) is 29.2 Å². The maximum absolute atomic E-state index is 15.3. The van der Waals surface area contributed by atoms with E-state index in [4.69, 9.17) is 4.74 Å². The molecule has 0 spiro atoms. The summed E-state index contributed by atoms with van der Waals surface area (Å²) in [6.45, 7) is 6.23. The molecular weight excluding hydrogens is 504 g/mol. The van der Waals surface area contributed by atoms with Gasteiger partial charge in [-0.25, -0.2) is 18.7 Å². The molecule has 9 nitrogen and oxygen atoms in total. The van der Waals surface area contributed by atoms with Gasteiger partial charge in [-0.3, -0.25) is 4.79 Å². The highest BCUT2D eigenvalue weighted by Crippen LogP contribution is 2.35. The molecule has 0 atom stereocenters. The highest BCUT2D eigenvalue weighted by atomic mass is 19.1. The van der Waals surface area contributed by atoms with Crippen molar-refractivity contribution in [3.05, 3.63) is 65.6 Å². The molecule has 4 aromatic rings. The summed E-state index contributed by atoms with van der Waals surface area (Å²) in [6.07, 6.45) is 2.12. The zero-order valence-corrected chi connectivity index (χ0v) is 21.8. The Morgan fingerprint density at radius 1 is 1.03 bits per heavy atom. The van der Waals surface area contributed by atoms with Crippen molar-refractivity contribution < 1.29 is 18.3 Å². The first-order chi connectivity index (χ1) is 18.9. The van der Waals surface area contributed by atoms with Crippen LogP contribution in [0.15, 0.2) is 42.7 Å². The molecule has 39 heavy (non-hydrogen) atoms. The Hall–Kier alpha value is -4.25. The highest BCUT2D eigenvalue weighted by molar-refractivity contribution is 6.02. The van der Waals surface area contributed by atoms with E-state index in [9.17, 15) is 4.79 Å². The molecule has 2 aliphatic rings. The number of nitrogens with one attached hydrogen (secondary N) is 2. The topological polar surface area (TPSA) is 89.6 Å². The third kappa shape index (κ3) is 4.85. The Labute approximate surface area is 224 Å². The van der Waals surface area contributed by atoms with E-state index in [0.717, 1.165) is 38.3 Å². The number of aromatic nitrogens is 3. The zero-order valence-electron chi connectivity index (χ0n) is 21.8. The second kappa shape index (κ2) is 10.1. The standard InChI is InChI=1S/C28H29F2N7O2/c1-17-14-19-21(33-17)5-7-23(25(19)30)39-27-24(28(38)37-8-3-9-37)26(31-16-32-27)34-18-4-6-22(20(29)15-18)36-12-10-35(2)11-13-36/h4-7,14-16,33H,3,8-13H2,1-2H3,(H,31,32,34). The maximum atomic E-state index is 15.3. The van der Waals surface area contributed by atoms with Gasteiger partial charge in [0.15, 0.2) is 17.4 Å². The number of fused-ring (bicyclic) bond motifs is 1. The molecule has 0 unspecified atom stereocenters. The number of aromatic amines is 1. The van der Waals surface area contributed by atoms with Gasteiger partial charge in [-0.1, -0.05) is 0 Å². The number of H-pyrrole nitrogens is 1. The number of hydrogen-bond acceptors (Lipinski definition) is 7. The monoisotopic (exact) mass is 533 g/mol. The summed E-state index contributed by atoms with van der Waals surface area (Å²) in [5.41, 5.74) is 2.46. The summed E-state index contributed by atoms with van der Waals surface area (Å²) >= 11 is 0. The lowest BCUT2D eigenvalue weighted by molar-refractivity contribution is 0.0649. The van der Waals surface area contributed by atoms with Crippen LogP contribution in [0.1, 0.15) is 22.5 Å². The first kappa shape index (κ1) is 25.1. The molecule has 4 heterocycles. The normalized spacial score (nSPS) is 15.9. The van der Waals surface area contributed by atoms with Crippen molar-refractivity contribution in [2.45, 2.75) is 13.3 Å². The lowest BCUT2D eigenvalue weighted by Crippen LogP contribution is -2.44. The first-order valence-electron chi connectivity index (χ1n) is 13.0. The van der Waals surface area contributed by atoms with E-state index in [-0.39, 0.29) is 34.7 Å². The number of likely N-dealkylation sites (tertiary alicyclic amines) is 1. The van der Waals surface area contributed by atoms with Gasteiger partial charge in [-0.05, 0) is 56.8 Å². The minimum Gasteiger partial charge on any atom is -0.435 e. The number of piperazine rings is 1. The van der Waals surface area contributed by atoms with E-state index < -0.39 is 5.82 Å². The number of amides is 1. The quantitative estimate of drug-likeness (QED) is 0.372. The summed E-state index contributed by atoms with van der Waals surface area (Å²) in [5.74, 6) is -1.26. The van der Waals surface area contributed by atoms with Crippen molar-refractivity contribution in [1.82, 2.24) is 24.8 Å². The number of halogens is 2. The van der Waals surface area contributed by atoms with Gasteiger partial charge < -0.3 is 29.7 Å². The third-order valence-corrected chi connectivity index (χ3v) is 7.27. The summed E-state index contributed by atoms with van der Waals surface area (Å²) in [7, 11) is 2.05. The molecule has 202 valence electrons. The van der Waals surface area contributed by atoms with Gasteiger partial charge in [0.25, 0.3) is 5.91 Å². The minimum atomic E-state index is -0.561. The van der Waals surface area contributed by atoms with Crippen LogP contribution in [0.3, 0.4) is 0 Å². The molecule has 0 saturated carbocycles. The van der Waals surface area contributed by atoms with Crippen LogP contribution in [0.4, 0.5) is 26.0 Å². The van der Waals surface area contributed by atoms with Crippen LogP contribution in [0.2, 0.25) is 0 Å². The van der Waals surface area contributed by atoms with Gasteiger partial charge in [0.1, 0.15) is 17.7 Å². The molecule has 0 radical (unpaired) electrons. The molecule has 2 saturated heterocycles. The number of benzene rings is 2. The molecule has 6 rings (SSSR count).